The lowest BCUT2D eigenvalue weighted by atomic mass is 9.93. The Kier molecular flexibility index (Phi) is 2.85. The molecule has 0 amide bonds. The Morgan fingerprint density at radius 2 is 2.05 bits per heavy atom. The number of hydrogen-bond donors (Lipinski definition) is 1. The minimum atomic E-state index is -0.864. The standard InChI is InChI=1S/C15H14FNO2/c16-10-4-6-11(7-5-10)17-9-8-12-13(15(18)19)2-1-3-14(12)17/h1-2,4-7,14H,3,8-9H2,(H,18,19). The molecule has 1 unspecified atom stereocenters. The molecule has 1 atom stereocenters. The van der Waals surface area contributed by atoms with Gasteiger partial charge in [-0.1, -0.05) is 12.2 Å². The molecule has 1 aliphatic carbocycles. The molecule has 1 aromatic carbocycles. The van der Waals surface area contributed by atoms with E-state index in [9.17, 15) is 14.3 Å². The van der Waals surface area contributed by atoms with Gasteiger partial charge in [-0.15, -0.1) is 0 Å². The van der Waals surface area contributed by atoms with E-state index in [-0.39, 0.29) is 11.9 Å². The maximum Gasteiger partial charge on any atom is 0.335 e. The van der Waals surface area contributed by atoms with Gasteiger partial charge in [-0.2, -0.15) is 0 Å². The van der Waals surface area contributed by atoms with Gasteiger partial charge in [-0.3, -0.25) is 0 Å². The van der Waals surface area contributed by atoms with Crippen LogP contribution in [0.4, 0.5) is 10.1 Å². The highest BCUT2D eigenvalue weighted by molar-refractivity contribution is 5.92. The summed E-state index contributed by atoms with van der Waals surface area (Å²) in [7, 11) is 0. The lowest BCUT2D eigenvalue weighted by molar-refractivity contribution is -0.132. The molecule has 3 rings (SSSR count). The molecule has 98 valence electrons. The van der Waals surface area contributed by atoms with Crippen LogP contribution >= 0.6 is 0 Å². The summed E-state index contributed by atoms with van der Waals surface area (Å²) < 4.78 is 13.0. The van der Waals surface area contributed by atoms with Crippen molar-refractivity contribution < 1.29 is 14.3 Å². The SMILES string of the molecule is O=C(O)C1=C2CCN(c3ccc(F)cc3)C2CC=C1. The molecule has 1 saturated heterocycles. The molecular formula is C15H14FNO2. The number of benzene rings is 1. The molecule has 3 nitrogen and oxygen atoms in total. The largest absolute Gasteiger partial charge is 0.478 e. The fourth-order valence-corrected chi connectivity index (χ4v) is 2.91. The van der Waals surface area contributed by atoms with Crippen molar-refractivity contribution in [1.82, 2.24) is 0 Å². The number of fused-ring (bicyclic) bond motifs is 1. The molecule has 1 heterocycles. The van der Waals surface area contributed by atoms with Gasteiger partial charge in [0.1, 0.15) is 5.82 Å². The van der Waals surface area contributed by atoms with Gasteiger partial charge in [0, 0.05) is 12.2 Å². The third kappa shape index (κ3) is 2.03. The number of carboxylic acids is 1. The van der Waals surface area contributed by atoms with Crippen molar-refractivity contribution in [1.29, 1.82) is 0 Å². The topological polar surface area (TPSA) is 40.5 Å². The van der Waals surface area contributed by atoms with Gasteiger partial charge in [0.15, 0.2) is 0 Å². The van der Waals surface area contributed by atoms with Gasteiger partial charge < -0.3 is 10.0 Å². The number of nitrogens with zero attached hydrogens (tertiary/aromatic N) is 1. The Morgan fingerprint density at radius 1 is 1.32 bits per heavy atom. The van der Waals surface area contributed by atoms with E-state index in [2.05, 4.69) is 4.90 Å². The first-order valence-electron chi connectivity index (χ1n) is 6.32. The monoisotopic (exact) mass is 259 g/mol. The molecule has 1 aliphatic heterocycles. The van der Waals surface area contributed by atoms with Gasteiger partial charge in [0.05, 0.1) is 11.6 Å². The smallest absolute Gasteiger partial charge is 0.335 e. The maximum absolute atomic E-state index is 13.0. The number of aliphatic carboxylic acids is 1. The van der Waals surface area contributed by atoms with Crippen LogP contribution < -0.4 is 4.90 Å². The average Bonchev–Trinajstić information content (AvgIpc) is 2.83. The summed E-state index contributed by atoms with van der Waals surface area (Å²) in [4.78, 5) is 13.4. The Hall–Kier alpha value is -2.10. The van der Waals surface area contributed by atoms with Gasteiger partial charge in [-0.25, -0.2) is 9.18 Å². The first-order chi connectivity index (χ1) is 9.16. The second kappa shape index (κ2) is 4.53. The third-order valence-corrected chi connectivity index (χ3v) is 3.78. The first kappa shape index (κ1) is 12.0. The van der Waals surface area contributed by atoms with Crippen molar-refractivity contribution in [2.24, 2.45) is 0 Å². The molecule has 0 spiro atoms. The van der Waals surface area contributed by atoms with Crippen molar-refractivity contribution in [2.45, 2.75) is 18.9 Å². The minimum absolute atomic E-state index is 0.0987. The molecule has 0 bridgehead atoms. The maximum atomic E-state index is 13.0. The van der Waals surface area contributed by atoms with Crippen molar-refractivity contribution in [2.75, 3.05) is 11.4 Å². The van der Waals surface area contributed by atoms with Crippen LogP contribution in [-0.4, -0.2) is 23.7 Å². The molecule has 1 fully saturated rings. The molecule has 19 heavy (non-hydrogen) atoms. The Bertz CT molecular complexity index is 574. The highest BCUT2D eigenvalue weighted by Crippen LogP contribution is 2.36. The Labute approximate surface area is 110 Å². The van der Waals surface area contributed by atoms with Crippen molar-refractivity contribution in [3.8, 4) is 0 Å². The molecule has 1 aromatic rings. The zero-order chi connectivity index (χ0) is 13.4. The first-order valence-corrected chi connectivity index (χ1v) is 6.32. The highest BCUT2D eigenvalue weighted by atomic mass is 19.1. The van der Waals surface area contributed by atoms with E-state index in [1.54, 1.807) is 18.2 Å². The van der Waals surface area contributed by atoms with Gasteiger partial charge in [0.2, 0.25) is 0 Å². The Morgan fingerprint density at radius 3 is 2.74 bits per heavy atom. The number of carbonyl (C=O) groups is 1. The van der Waals surface area contributed by atoms with E-state index in [0.29, 0.717) is 5.57 Å². The van der Waals surface area contributed by atoms with E-state index in [1.165, 1.54) is 12.1 Å². The van der Waals surface area contributed by atoms with E-state index < -0.39 is 5.97 Å². The number of carboxylic acid groups (broad SMARTS) is 1. The zero-order valence-electron chi connectivity index (χ0n) is 10.3. The van der Waals surface area contributed by atoms with Crippen molar-refractivity contribution in [3.63, 3.8) is 0 Å². The molecule has 0 aromatic heterocycles. The summed E-state index contributed by atoms with van der Waals surface area (Å²) >= 11 is 0. The lowest BCUT2D eigenvalue weighted by Crippen LogP contribution is -2.31. The second-order valence-electron chi connectivity index (χ2n) is 4.82. The normalized spacial score (nSPS) is 21.7. The summed E-state index contributed by atoms with van der Waals surface area (Å²) in [6.07, 6.45) is 5.17. The van der Waals surface area contributed by atoms with Crippen LogP contribution in [0, 0.1) is 5.82 Å². The second-order valence-corrected chi connectivity index (χ2v) is 4.82. The number of rotatable bonds is 2. The molecular weight excluding hydrogens is 245 g/mol. The van der Waals surface area contributed by atoms with Crippen LogP contribution in [0.2, 0.25) is 0 Å². The summed E-state index contributed by atoms with van der Waals surface area (Å²) in [5.74, 6) is -1.12. The lowest BCUT2D eigenvalue weighted by Gasteiger charge is -2.28. The van der Waals surface area contributed by atoms with Crippen molar-refractivity contribution >= 4 is 11.7 Å². The summed E-state index contributed by atoms with van der Waals surface area (Å²) in [6, 6.07) is 6.47. The van der Waals surface area contributed by atoms with Crippen LogP contribution in [0.25, 0.3) is 0 Å². The molecule has 2 aliphatic rings. The summed E-state index contributed by atoms with van der Waals surface area (Å²) in [5, 5.41) is 9.20. The summed E-state index contributed by atoms with van der Waals surface area (Å²) in [6.45, 7) is 0.782. The van der Waals surface area contributed by atoms with Crippen LogP contribution in [0.1, 0.15) is 12.8 Å². The fourth-order valence-electron chi connectivity index (χ4n) is 2.91. The molecule has 1 N–H and O–H groups in total. The Balaban J connectivity index is 1.94. The summed E-state index contributed by atoms with van der Waals surface area (Å²) in [5.41, 5.74) is 2.35. The van der Waals surface area contributed by atoms with Crippen LogP contribution in [-0.2, 0) is 4.79 Å². The number of halogens is 1. The predicted octanol–water partition coefficient (Wildman–Crippen LogP) is 2.75. The number of anilines is 1. The molecule has 0 radical (unpaired) electrons. The minimum Gasteiger partial charge on any atom is -0.478 e. The van der Waals surface area contributed by atoms with Gasteiger partial charge >= 0.3 is 5.97 Å². The highest BCUT2D eigenvalue weighted by Gasteiger charge is 2.33. The fraction of sp³-hybridized carbons (Fsp3) is 0.267. The average molecular weight is 259 g/mol. The third-order valence-electron chi connectivity index (χ3n) is 3.78. The molecule has 4 heteroatoms. The van der Waals surface area contributed by atoms with Crippen molar-refractivity contribution in [3.05, 3.63) is 53.4 Å². The van der Waals surface area contributed by atoms with Gasteiger partial charge in [0.25, 0.3) is 0 Å². The van der Waals surface area contributed by atoms with Crippen LogP contribution in [0.3, 0.4) is 0 Å². The van der Waals surface area contributed by atoms with E-state index in [1.807, 2.05) is 6.08 Å². The van der Waals surface area contributed by atoms with Crippen LogP contribution in [0.5, 0.6) is 0 Å². The van der Waals surface area contributed by atoms with E-state index >= 15 is 0 Å². The zero-order valence-corrected chi connectivity index (χ0v) is 10.3. The molecule has 0 saturated carbocycles. The van der Waals surface area contributed by atoms with E-state index in [0.717, 1.165) is 30.6 Å². The predicted molar refractivity (Wildman–Crippen MR) is 70.6 cm³/mol. The van der Waals surface area contributed by atoms with Gasteiger partial charge in [-0.05, 0) is 42.7 Å². The quantitative estimate of drug-likeness (QED) is 0.887. The van der Waals surface area contributed by atoms with E-state index in [4.69, 9.17) is 0 Å². The number of hydrogen-bond acceptors (Lipinski definition) is 2. The van der Waals surface area contributed by atoms with Crippen LogP contribution in [0.15, 0.2) is 47.6 Å².